The van der Waals surface area contributed by atoms with E-state index in [0.29, 0.717) is 36.9 Å². The molecule has 0 spiro atoms. The van der Waals surface area contributed by atoms with Gasteiger partial charge in [0.1, 0.15) is 30.2 Å². The maximum atomic E-state index is 13.3. The predicted octanol–water partition coefficient (Wildman–Crippen LogP) is 3.58. The second-order valence-electron chi connectivity index (χ2n) is 6.01. The highest BCUT2D eigenvalue weighted by molar-refractivity contribution is 5.52. The lowest BCUT2D eigenvalue weighted by Crippen LogP contribution is -2.25. The Balaban J connectivity index is 1.50. The number of phenols is 1. The molecule has 2 aromatic carbocycles. The zero-order valence-corrected chi connectivity index (χ0v) is 13.5. The van der Waals surface area contributed by atoms with Crippen molar-refractivity contribution in [2.45, 2.75) is 13.1 Å². The van der Waals surface area contributed by atoms with Gasteiger partial charge < -0.3 is 14.3 Å². The molecule has 6 heteroatoms. The molecule has 5 nitrogen and oxygen atoms in total. The second kappa shape index (κ2) is 6.57. The van der Waals surface area contributed by atoms with Crippen LogP contribution in [0.4, 0.5) is 4.39 Å². The molecule has 3 aromatic rings. The Morgan fingerprint density at radius 1 is 1.20 bits per heavy atom. The number of phenolic OH excluding ortho intramolecular Hbond substituents is 1. The van der Waals surface area contributed by atoms with E-state index in [1.165, 1.54) is 12.1 Å². The Morgan fingerprint density at radius 2 is 2.12 bits per heavy atom. The third-order valence-corrected chi connectivity index (χ3v) is 4.12. The van der Waals surface area contributed by atoms with Crippen molar-refractivity contribution in [2.24, 2.45) is 0 Å². The second-order valence-corrected chi connectivity index (χ2v) is 6.01. The van der Waals surface area contributed by atoms with E-state index in [1.807, 2.05) is 6.07 Å². The van der Waals surface area contributed by atoms with Gasteiger partial charge in [-0.05, 0) is 24.3 Å². The lowest BCUT2D eigenvalue weighted by atomic mass is 10.2. The maximum absolute atomic E-state index is 13.3. The fraction of sp³-hybridized carbons (Fsp3) is 0.211. The molecule has 4 rings (SSSR count). The normalized spacial score (nSPS) is 14.6. The highest BCUT2D eigenvalue weighted by Crippen LogP contribution is 2.28. The van der Waals surface area contributed by atoms with Gasteiger partial charge in [-0.3, -0.25) is 4.90 Å². The summed E-state index contributed by atoms with van der Waals surface area (Å²) in [5, 5.41) is 9.57. The zero-order chi connectivity index (χ0) is 17.2. The third-order valence-electron chi connectivity index (χ3n) is 4.12. The molecule has 2 heterocycles. The molecule has 0 saturated carbocycles. The summed E-state index contributed by atoms with van der Waals surface area (Å²) < 4.78 is 24.5. The fourth-order valence-electron chi connectivity index (χ4n) is 2.91. The molecule has 25 heavy (non-hydrogen) atoms. The molecule has 1 aromatic heterocycles. The van der Waals surface area contributed by atoms with Crippen LogP contribution in [0.1, 0.15) is 11.3 Å². The molecule has 0 amide bonds. The van der Waals surface area contributed by atoms with Gasteiger partial charge in [-0.15, -0.1) is 0 Å². The molecule has 0 saturated heterocycles. The van der Waals surface area contributed by atoms with E-state index in [1.54, 1.807) is 30.5 Å². The standard InChI is InChI=1S/C19H17FN2O3/c20-15-3-1-2-13(8-15)19-21-16(12-25-19)11-22-6-7-24-18-9-17(23)5-4-14(18)10-22/h1-5,8-9,12,23H,6-7,10-11H2. The van der Waals surface area contributed by atoms with E-state index >= 15 is 0 Å². The van der Waals surface area contributed by atoms with Gasteiger partial charge in [-0.25, -0.2) is 9.37 Å². The summed E-state index contributed by atoms with van der Waals surface area (Å²) in [7, 11) is 0. The Morgan fingerprint density at radius 3 is 3.00 bits per heavy atom. The molecule has 0 fully saturated rings. The molecular weight excluding hydrogens is 323 g/mol. The number of hydrogen-bond acceptors (Lipinski definition) is 5. The van der Waals surface area contributed by atoms with Crippen molar-refractivity contribution in [3.05, 3.63) is 65.8 Å². The minimum absolute atomic E-state index is 0.198. The van der Waals surface area contributed by atoms with Gasteiger partial charge in [-0.1, -0.05) is 12.1 Å². The number of oxazole rings is 1. The summed E-state index contributed by atoms with van der Waals surface area (Å²) in [6.07, 6.45) is 1.60. The van der Waals surface area contributed by atoms with Crippen LogP contribution in [0.5, 0.6) is 11.5 Å². The minimum atomic E-state index is -0.318. The van der Waals surface area contributed by atoms with E-state index in [0.717, 1.165) is 17.8 Å². The Hall–Kier alpha value is -2.86. The molecule has 0 aliphatic carbocycles. The summed E-state index contributed by atoms with van der Waals surface area (Å²) in [6.45, 7) is 2.56. The van der Waals surface area contributed by atoms with Crippen LogP contribution >= 0.6 is 0 Å². The number of rotatable bonds is 3. The first-order valence-corrected chi connectivity index (χ1v) is 8.05. The van der Waals surface area contributed by atoms with Gasteiger partial charge in [0.15, 0.2) is 0 Å². The number of ether oxygens (including phenoxy) is 1. The lowest BCUT2D eigenvalue weighted by Gasteiger charge is -2.17. The summed E-state index contributed by atoms with van der Waals surface area (Å²) in [4.78, 5) is 6.65. The fourth-order valence-corrected chi connectivity index (χ4v) is 2.91. The molecule has 128 valence electrons. The summed E-state index contributed by atoms with van der Waals surface area (Å²) in [5.74, 6) is 0.999. The van der Waals surface area contributed by atoms with Crippen LogP contribution in [0.2, 0.25) is 0 Å². The van der Waals surface area contributed by atoms with Crippen molar-refractivity contribution >= 4 is 0 Å². The van der Waals surface area contributed by atoms with Gasteiger partial charge in [0.2, 0.25) is 5.89 Å². The van der Waals surface area contributed by atoms with E-state index in [4.69, 9.17) is 9.15 Å². The van der Waals surface area contributed by atoms with Crippen LogP contribution < -0.4 is 4.74 Å². The molecule has 0 atom stereocenters. The lowest BCUT2D eigenvalue weighted by molar-refractivity contribution is 0.217. The average Bonchev–Trinajstić information content (AvgIpc) is 2.96. The minimum Gasteiger partial charge on any atom is -0.508 e. The van der Waals surface area contributed by atoms with Gasteiger partial charge in [0, 0.05) is 36.8 Å². The van der Waals surface area contributed by atoms with Crippen LogP contribution in [0, 0.1) is 5.82 Å². The van der Waals surface area contributed by atoms with Gasteiger partial charge in [0.25, 0.3) is 0 Å². The molecule has 0 bridgehead atoms. The molecule has 0 unspecified atom stereocenters. The predicted molar refractivity (Wildman–Crippen MR) is 89.6 cm³/mol. The van der Waals surface area contributed by atoms with E-state index in [2.05, 4.69) is 9.88 Å². The molecule has 1 aliphatic rings. The Bertz CT molecular complexity index is 894. The number of halogens is 1. The quantitative estimate of drug-likeness (QED) is 0.790. The van der Waals surface area contributed by atoms with E-state index in [-0.39, 0.29) is 11.6 Å². The monoisotopic (exact) mass is 340 g/mol. The maximum Gasteiger partial charge on any atom is 0.226 e. The topological polar surface area (TPSA) is 58.7 Å². The van der Waals surface area contributed by atoms with Crippen LogP contribution in [-0.4, -0.2) is 28.1 Å². The average molecular weight is 340 g/mol. The summed E-state index contributed by atoms with van der Waals surface area (Å²) in [6, 6.07) is 11.3. The van der Waals surface area contributed by atoms with Gasteiger partial charge >= 0.3 is 0 Å². The summed E-state index contributed by atoms with van der Waals surface area (Å²) >= 11 is 0. The van der Waals surface area contributed by atoms with Gasteiger partial charge in [0.05, 0.1) is 5.69 Å². The molecule has 1 N–H and O–H groups in total. The molecule has 1 aliphatic heterocycles. The number of aromatic nitrogens is 1. The van der Waals surface area contributed by atoms with Crippen molar-refractivity contribution in [2.75, 3.05) is 13.2 Å². The van der Waals surface area contributed by atoms with Crippen LogP contribution in [0.3, 0.4) is 0 Å². The first-order valence-electron chi connectivity index (χ1n) is 8.05. The third kappa shape index (κ3) is 3.49. The first kappa shape index (κ1) is 15.7. The van der Waals surface area contributed by atoms with Crippen molar-refractivity contribution in [3.63, 3.8) is 0 Å². The SMILES string of the molecule is Oc1ccc2c(c1)OCCN(Cc1coc(-c3cccc(F)c3)n1)C2. The highest BCUT2D eigenvalue weighted by Gasteiger charge is 2.18. The summed E-state index contributed by atoms with van der Waals surface area (Å²) in [5.41, 5.74) is 2.41. The van der Waals surface area contributed by atoms with Crippen molar-refractivity contribution in [1.82, 2.24) is 9.88 Å². The number of fused-ring (bicyclic) bond motifs is 1. The number of benzene rings is 2. The van der Waals surface area contributed by atoms with Crippen LogP contribution in [-0.2, 0) is 13.1 Å². The van der Waals surface area contributed by atoms with Crippen molar-refractivity contribution < 1.29 is 18.7 Å². The van der Waals surface area contributed by atoms with Crippen LogP contribution in [0.25, 0.3) is 11.5 Å². The number of aromatic hydroxyl groups is 1. The molecule has 0 radical (unpaired) electrons. The molecular formula is C19H17FN2O3. The van der Waals surface area contributed by atoms with Gasteiger partial charge in [-0.2, -0.15) is 0 Å². The smallest absolute Gasteiger partial charge is 0.226 e. The van der Waals surface area contributed by atoms with Crippen molar-refractivity contribution in [3.8, 4) is 23.0 Å². The van der Waals surface area contributed by atoms with E-state index in [9.17, 15) is 9.50 Å². The van der Waals surface area contributed by atoms with E-state index < -0.39 is 0 Å². The highest BCUT2D eigenvalue weighted by atomic mass is 19.1. The Kier molecular flexibility index (Phi) is 4.11. The first-order chi connectivity index (χ1) is 12.2. The van der Waals surface area contributed by atoms with Crippen molar-refractivity contribution in [1.29, 1.82) is 0 Å². The largest absolute Gasteiger partial charge is 0.508 e. The van der Waals surface area contributed by atoms with Crippen LogP contribution in [0.15, 0.2) is 53.1 Å². The number of hydrogen-bond donors (Lipinski definition) is 1. The zero-order valence-electron chi connectivity index (χ0n) is 13.5. The number of nitrogens with zero attached hydrogens (tertiary/aromatic N) is 2. The Labute approximate surface area is 144 Å².